The summed E-state index contributed by atoms with van der Waals surface area (Å²) >= 11 is 0. The first-order chi connectivity index (χ1) is 8.20. The number of hydrogen-bond acceptors (Lipinski definition) is 2. The summed E-state index contributed by atoms with van der Waals surface area (Å²) in [7, 11) is 1.63. The van der Waals surface area contributed by atoms with Gasteiger partial charge in [0.15, 0.2) is 5.96 Å². The normalized spacial score (nSPS) is 19.5. The topological polar surface area (TPSA) is 79.5 Å². The monoisotopic (exact) mass is 232 g/mol. The van der Waals surface area contributed by atoms with Gasteiger partial charge in [-0.05, 0) is 11.6 Å². The van der Waals surface area contributed by atoms with E-state index in [1.165, 1.54) is 0 Å². The van der Waals surface area contributed by atoms with Crippen molar-refractivity contribution in [1.82, 2.24) is 5.32 Å². The van der Waals surface area contributed by atoms with Crippen molar-refractivity contribution in [2.75, 3.05) is 18.9 Å². The lowest BCUT2D eigenvalue weighted by Crippen LogP contribution is -2.37. The molecule has 1 aromatic carbocycles. The molecule has 0 spiro atoms. The minimum absolute atomic E-state index is 0.0440. The number of fused-ring (bicyclic) bond motifs is 1. The summed E-state index contributed by atoms with van der Waals surface area (Å²) < 4.78 is 0. The number of hydrogen-bond donors (Lipinski definition) is 3. The Morgan fingerprint density at radius 1 is 1.59 bits per heavy atom. The lowest BCUT2D eigenvalue weighted by Gasteiger charge is -2.25. The molecule has 0 aliphatic carbocycles. The molecule has 17 heavy (non-hydrogen) atoms. The number of amides is 1. The van der Waals surface area contributed by atoms with Crippen molar-refractivity contribution in [1.29, 1.82) is 0 Å². The molecule has 0 saturated carbocycles. The van der Waals surface area contributed by atoms with Crippen LogP contribution in [-0.2, 0) is 4.79 Å². The lowest BCUT2D eigenvalue weighted by atomic mass is 9.90. The van der Waals surface area contributed by atoms with Gasteiger partial charge in [0.1, 0.15) is 0 Å². The van der Waals surface area contributed by atoms with Crippen LogP contribution in [0.25, 0.3) is 0 Å². The van der Waals surface area contributed by atoms with Gasteiger partial charge in [-0.25, -0.2) is 0 Å². The van der Waals surface area contributed by atoms with Gasteiger partial charge in [0, 0.05) is 31.6 Å². The maximum Gasteiger partial charge on any atom is 0.225 e. The molecule has 1 aromatic rings. The highest BCUT2D eigenvalue weighted by molar-refractivity contribution is 5.94. The van der Waals surface area contributed by atoms with Crippen molar-refractivity contribution >= 4 is 17.6 Å². The van der Waals surface area contributed by atoms with Gasteiger partial charge in [0.2, 0.25) is 5.91 Å². The van der Waals surface area contributed by atoms with E-state index in [0.717, 1.165) is 11.3 Å². The van der Waals surface area contributed by atoms with Gasteiger partial charge < -0.3 is 16.4 Å². The Kier molecular flexibility index (Phi) is 3.27. The molecule has 1 heterocycles. The Balaban J connectivity index is 2.15. The smallest absolute Gasteiger partial charge is 0.225 e. The van der Waals surface area contributed by atoms with Crippen LogP contribution in [0.2, 0.25) is 0 Å². The highest BCUT2D eigenvalue weighted by atomic mass is 16.1. The second kappa shape index (κ2) is 4.86. The third-order valence-electron chi connectivity index (χ3n) is 2.88. The van der Waals surface area contributed by atoms with Crippen LogP contribution in [0.15, 0.2) is 29.3 Å². The van der Waals surface area contributed by atoms with Crippen LogP contribution in [0, 0.1) is 0 Å². The largest absolute Gasteiger partial charge is 0.370 e. The number of carbonyl (C=O) groups is 1. The standard InChI is InChI=1S/C12H16N4O/c1-14-12(13)15-7-8-6-11(17)16-10-5-3-2-4-9(8)10/h2-5,8H,6-7H2,1H3,(H,16,17)(H3,13,14,15). The molecular formula is C12H16N4O. The molecule has 90 valence electrons. The molecule has 0 aromatic heterocycles. The van der Waals surface area contributed by atoms with E-state index < -0.39 is 0 Å². The van der Waals surface area contributed by atoms with Crippen LogP contribution in [0.1, 0.15) is 17.9 Å². The molecule has 2 rings (SSSR count). The number of rotatable bonds is 2. The second-order valence-corrected chi connectivity index (χ2v) is 4.03. The fourth-order valence-electron chi connectivity index (χ4n) is 1.99. The Morgan fingerprint density at radius 3 is 3.12 bits per heavy atom. The van der Waals surface area contributed by atoms with E-state index >= 15 is 0 Å². The number of nitrogens with one attached hydrogen (secondary N) is 2. The van der Waals surface area contributed by atoms with Crippen molar-refractivity contribution in [2.45, 2.75) is 12.3 Å². The van der Waals surface area contributed by atoms with Crippen LogP contribution in [0.3, 0.4) is 0 Å². The molecule has 0 radical (unpaired) electrons. The number of para-hydroxylation sites is 1. The fourth-order valence-corrected chi connectivity index (χ4v) is 1.99. The molecule has 1 aliphatic heterocycles. The zero-order valence-corrected chi connectivity index (χ0v) is 9.73. The Hall–Kier alpha value is -2.04. The summed E-state index contributed by atoms with van der Waals surface area (Å²) in [6.07, 6.45) is 0.473. The first-order valence-electron chi connectivity index (χ1n) is 5.55. The zero-order chi connectivity index (χ0) is 12.3. The van der Waals surface area contributed by atoms with E-state index in [-0.39, 0.29) is 11.8 Å². The van der Waals surface area contributed by atoms with E-state index in [9.17, 15) is 4.79 Å². The Morgan fingerprint density at radius 2 is 2.35 bits per heavy atom. The minimum Gasteiger partial charge on any atom is -0.370 e. The maximum atomic E-state index is 11.6. The van der Waals surface area contributed by atoms with Crippen molar-refractivity contribution in [3.8, 4) is 0 Å². The summed E-state index contributed by atoms with van der Waals surface area (Å²) in [6.45, 7) is 0.619. The van der Waals surface area contributed by atoms with Crippen molar-refractivity contribution in [3.63, 3.8) is 0 Å². The molecule has 0 fully saturated rings. The third kappa shape index (κ3) is 2.55. The average Bonchev–Trinajstić information content (AvgIpc) is 2.35. The van der Waals surface area contributed by atoms with E-state index in [1.807, 2.05) is 24.3 Å². The molecule has 0 bridgehead atoms. The quantitative estimate of drug-likeness (QED) is 0.517. The molecule has 1 unspecified atom stereocenters. The van der Waals surface area contributed by atoms with Crippen molar-refractivity contribution in [2.24, 2.45) is 10.7 Å². The summed E-state index contributed by atoms with van der Waals surface area (Å²) in [5.41, 5.74) is 7.62. The first kappa shape index (κ1) is 11.4. The lowest BCUT2D eigenvalue weighted by molar-refractivity contribution is -0.116. The van der Waals surface area contributed by atoms with Gasteiger partial charge >= 0.3 is 0 Å². The summed E-state index contributed by atoms with van der Waals surface area (Å²) in [4.78, 5) is 15.4. The molecule has 5 nitrogen and oxygen atoms in total. The predicted octanol–water partition coefficient (Wildman–Crippen LogP) is 0.647. The molecule has 1 aliphatic rings. The molecular weight excluding hydrogens is 216 g/mol. The van der Waals surface area contributed by atoms with Crippen molar-refractivity contribution in [3.05, 3.63) is 29.8 Å². The van der Waals surface area contributed by atoms with Gasteiger partial charge in [-0.2, -0.15) is 0 Å². The van der Waals surface area contributed by atoms with Gasteiger partial charge in [-0.1, -0.05) is 18.2 Å². The van der Waals surface area contributed by atoms with Crippen LogP contribution in [-0.4, -0.2) is 25.5 Å². The summed E-state index contributed by atoms with van der Waals surface area (Å²) in [5, 5.41) is 5.87. The van der Waals surface area contributed by atoms with Gasteiger partial charge in [0.05, 0.1) is 0 Å². The molecule has 4 N–H and O–H groups in total. The number of anilines is 1. The predicted molar refractivity (Wildman–Crippen MR) is 68.0 cm³/mol. The highest BCUT2D eigenvalue weighted by Crippen LogP contribution is 2.31. The second-order valence-electron chi connectivity index (χ2n) is 4.03. The number of carbonyl (C=O) groups excluding carboxylic acids is 1. The molecule has 0 saturated heterocycles. The highest BCUT2D eigenvalue weighted by Gasteiger charge is 2.24. The van der Waals surface area contributed by atoms with Crippen LogP contribution < -0.4 is 16.4 Å². The number of benzene rings is 1. The van der Waals surface area contributed by atoms with E-state index in [4.69, 9.17) is 5.73 Å². The van der Waals surface area contributed by atoms with Crippen LogP contribution >= 0.6 is 0 Å². The Labute approximate surface area is 100 Å². The van der Waals surface area contributed by atoms with E-state index in [0.29, 0.717) is 18.9 Å². The van der Waals surface area contributed by atoms with Gasteiger partial charge in [0.25, 0.3) is 0 Å². The van der Waals surface area contributed by atoms with E-state index in [1.54, 1.807) is 7.05 Å². The number of nitrogens with two attached hydrogens (primary N) is 1. The fraction of sp³-hybridized carbons (Fsp3) is 0.333. The average molecular weight is 232 g/mol. The number of nitrogens with zero attached hydrogens (tertiary/aromatic N) is 1. The zero-order valence-electron chi connectivity index (χ0n) is 9.73. The molecule has 5 heteroatoms. The maximum absolute atomic E-state index is 11.6. The SMILES string of the molecule is CN=C(N)NCC1CC(=O)Nc2ccccc21. The molecule has 1 atom stereocenters. The first-order valence-corrected chi connectivity index (χ1v) is 5.55. The van der Waals surface area contributed by atoms with Gasteiger partial charge in [-0.3, -0.25) is 9.79 Å². The number of guanidine groups is 1. The summed E-state index contributed by atoms with van der Waals surface area (Å²) in [6, 6.07) is 7.83. The van der Waals surface area contributed by atoms with Crippen LogP contribution in [0.4, 0.5) is 5.69 Å². The Bertz CT molecular complexity index is 456. The van der Waals surface area contributed by atoms with Crippen molar-refractivity contribution < 1.29 is 4.79 Å². The van der Waals surface area contributed by atoms with Gasteiger partial charge in [-0.15, -0.1) is 0 Å². The summed E-state index contributed by atoms with van der Waals surface area (Å²) in [5.74, 6) is 0.580. The minimum atomic E-state index is 0.0440. The van der Waals surface area contributed by atoms with Crippen LogP contribution in [0.5, 0.6) is 0 Å². The van der Waals surface area contributed by atoms with E-state index in [2.05, 4.69) is 15.6 Å². The third-order valence-corrected chi connectivity index (χ3v) is 2.88. The number of aliphatic imine (C=N–C) groups is 1. The molecule has 1 amide bonds.